The Hall–Kier alpha value is -1.66. The maximum absolute atomic E-state index is 12.4. The van der Waals surface area contributed by atoms with Gasteiger partial charge in [0, 0.05) is 50.0 Å². The fourth-order valence-corrected chi connectivity index (χ4v) is 2.26. The maximum Gasteiger partial charge on any atom is 0.254 e. The minimum absolute atomic E-state index is 0.0127. The maximum atomic E-state index is 12.4. The molecular formula is C14H20N2O4. The summed E-state index contributed by atoms with van der Waals surface area (Å²) in [7, 11) is 0. The first-order chi connectivity index (χ1) is 9.65. The highest BCUT2D eigenvalue weighted by atomic mass is 16.5. The van der Waals surface area contributed by atoms with Crippen molar-refractivity contribution in [2.45, 2.75) is 13.5 Å². The number of aliphatic hydroxyl groups excluding tert-OH is 1. The van der Waals surface area contributed by atoms with E-state index in [1.54, 1.807) is 21.7 Å². The second-order valence-electron chi connectivity index (χ2n) is 4.91. The Morgan fingerprint density at radius 2 is 2.35 bits per heavy atom. The number of aliphatic hydroxyl groups is 1. The molecule has 6 heteroatoms. The van der Waals surface area contributed by atoms with Gasteiger partial charge in [0.1, 0.15) is 0 Å². The van der Waals surface area contributed by atoms with Gasteiger partial charge in [-0.25, -0.2) is 0 Å². The summed E-state index contributed by atoms with van der Waals surface area (Å²) in [6, 6.07) is 3.03. The molecule has 1 aromatic rings. The fraction of sp³-hybridized carbons (Fsp3) is 0.571. The first kappa shape index (κ1) is 14.7. The van der Waals surface area contributed by atoms with Crippen LogP contribution in [-0.2, 0) is 11.3 Å². The molecule has 1 unspecified atom stereocenters. The van der Waals surface area contributed by atoms with Gasteiger partial charge in [-0.2, -0.15) is 0 Å². The number of hydrogen-bond donors (Lipinski definition) is 1. The summed E-state index contributed by atoms with van der Waals surface area (Å²) < 4.78 is 6.90. The first-order valence-electron chi connectivity index (χ1n) is 6.84. The predicted octanol–water partition coefficient (Wildman–Crippen LogP) is -0.0509. The number of nitrogens with zero attached hydrogens (tertiary/aromatic N) is 2. The third kappa shape index (κ3) is 3.26. The second-order valence-corrected chi connectivity index (χ2v) is 4.91. The molecule has 1 aromatic heterocycles. The molecule has 1 aliphatic rings. The van der Waals surface area contributed by atoms with E-state index in [0.29, 0.717) is 38.4 Å². The Labute approximate surface area is 117 Å². The normalized spacial score (nSPS) is 19.7. The summed E-state index contributed by atoms with van der Waals surface area (Å²) in [5.74, 6) is -0.258. The topological polar surface area (TPSA) is 71.8 Å². The van der Waals surface area contributed by atoms with Crippen molar-refractivity contribution in [1.82, 2.24) is 9.47 Å². The van der Waals surface area contributed by atoms with Gasteiger partial charge in [0.15, 0.2) is 0 Å². The van der Waals surface area contributed by atoms with Crippen LogP contribution in [0.2, 0.25) is 0 Å². The molecule has 1 saturated heterocycles. The van der Waals surface area contributed by atoms with Gasteiger partial charge in [-0.05, 0) is 13.0 Å². The van der Waals surface area contributed by atoms with Gasteiger partial charge in [-0.3, -0.25) is 9.59 Å². The van der Waals surface area contributed by atoms with Crippen LogP contribution in [0.25, 0.3) is 0 Å². The quantitative estimate of drug-likeness (QED) is 0.842. The van der Waals surface area contributed by atoms with Crippen LogP contribution in [0.15, 0.2) is 23.1 Å². The average Bonchev–Trinajstić information content (AvgIpc) is 2.71. The van der Waals surface area contributed by atoms with Crippen molar-refractivity contribution in [1.29, 1.82) is 0 Å². The third-order valence-electron chi connectivity index (χ3n) is 3.47. The molecule has 0 aliphatic carbocycles. The second kappa shape index (κ2) is 6.67. The molecule has 0 saturated carbocycles. The van der Waals surface area contributed by atoms with E-state index in [1.807, 2.05) is 6.92 Å². The molecule has 110 valence electrons. The molecule has 0 aromatic carbocycles. The van der Waals surface area contributed by atoms with E-state index in [0.717, 1.165) is 0 Å². The number of carbonyl (C=O) groups excluding carboxylic acids is 1. The smallest absolute Gasteiger partial charge is 0.254 e. The van der Waals surface area contributed by atoms with Gasteiger partial charge in [0.25, 0.3) is 11.5 Å². The molecule has 1 N–H and O–H groups in total. The van der Waals surface area contributed by atoms with Gasteiger partial charge in [-0.15, -0.1) is 0 Å². The van der Waals surface area contributed by atoms with Crippen LogP contribution in [0.1, 0.15) is 17.3 Å². The molecule has 2 heterocycles. The lowest BCUT2D eigenvalue weighted by atomic mass is 10.1. The van der Waals surface area contributed by atoms with E-state index in [1.165, 1.54) is 6.07 Å². The monoisotopic (exact) mass is 280 g/mol. The van der Waals surface area contributed by atoms with Crippen LogP contribution in [0.5, 0.6) is 0 Å². The Kier molecular flexibility index (Phi) is 4.92. The first-order valence-corrected chi connectivity index (χ1v) is 6.84. The lowest BCUT2D eigenvalue weighted by Crippen LogP contribution is -2.37. The highest BCUT2D eigenvalue weighted by Crippen LogP contribution is 2.10. The molecule has 0 spiro atoms. The molecule has 0 radical (unpaired) electrons. The van der Waals surface area contributed by atoms with Crippen LogP contribution >= 0.6 is 0 Å². The molecule has 6 nitrogen and oxygen atoms in total. The van der Waals surface area contributed by atoms with Gasteiger partial charge >= 0.3 is 0 Å². The summed E-state index contributed by atoms with van der Waals surface area (Å²) >= 11 is 0. The van der Waals surface area contributed by atoms with E-state index >= 15 is 0 Å². The average molecular weight is 280 g/mol. The van der Waals surface area contributed by atoms with E-state index in [9.17, 15) is 14.7 Å². The zero-order valence-electron chi connectivity index (χ0n) is 11.6. The van der Waals surface area contributed by atoms with Gasteiger partial charge < -0.3 is 19.3 Å². The summed E-state index contributed by atoms with van der Waals surface area (Å²) in [4.78, 5) is 25.8. The standard InChI is InChI=1S/C14H20N2O4/c1-2-15-4-3-12(7-13(15)18)14(19)16-5-6-20-10-11(8-16)9-17/h3-4,7,11,17H,2,5-6,8-10H2,1H3. The zero-order chi connectivity index (χ0) is 14.5. The molecule has 1 amide bonds. The van der Waals surface area contributed by atoms with Crippen LogP contribution in [-0.4, -0.2) is 53.4 Å². The van der Waals surface area contributed by atoms with E-state index in [2.05, 4.69) is 0 Å². The minimum atomic E-state index is -0.186. The van der Waals surface area contributed by atoms with Gasteiger partial charge in [0.2, 0.25) is 0 Å². The number of aromatic nitrogens is 1. The zero-order valence-corrected chi connectivity index (χ0v) is 11.6. The van der Waals surface area contributed by atoms with Crippen LogP contribution in [0.4, 0.5) is 0 Å². The van der Waals surface area contributed by atoms with Crippen molar-refractivity contribution < 1.29 is 14.6 Å². The van der Waals surface area contributed by atoms with Crippen molar-refractivity contribution in [3.05, 3.63) is 34.2 Å². The molecule has 2 rings (SSSR count). The van der Waals surface area contributed by atoms with Crippen LogP contribution in [0.3, 0.4) is 0 Å². The molecule has 1 fully saturated rings. The van der Waals surface area contributed by atoms with Gasteiger partial charge in [0.05, 0.1) is 13.2 Å². The lowest BCUT2D eigenvalue weighted by Gasteiger charge is -2.22. The molecule has 20 heavy (non-hydrogen) atoms. The minimum Gasteiger partial charge on any atom is -0.396 e. The van der Waals surface area contributed by atoms with Crippen molar-refractivity contribution in [3.63, 3.8) is 0 Å². The lowest BCUT2D eigenvalue weighted by molar-refractivity contribution is 0.0728. The summed E-state index contributed by atoms with van der Waals surface area (Å²) in [6.45, 7) is 4.28. The van der Waals surface area contributed by atoms with Crippen molar-refractivity contribution >= 4 is 5.91 Å². The number of pyridine rings is 1. The highest BCUT2D eigenvalue weighted by Gasteiger charge is 2.23. The molecule has 0 bridgehead atoms. The third-order valence-corrected chi connectivity index (χ3v) is 3.47. The number of aryl methyl sites for hydroxylation is 1. The highest BCUT2D eigenvalue weighted by molar-refractivity contribution is 5.94. The summed E-state index contributed by atoms with van der Waals surface area (Å²) in [5, 5.41) is 9.23. The largest absolute Gasteiger partial charge is 0.396 e. The van der Waals surface area contributed by atoms with E-state index < -0.39 is 0 Å². The molecule has 1 atom stereocenters. The summed E-state index contributed by atoms with van der Waals surface area (Å²) in [6.07, 6.45) is 1.63. The Bertz CT molecular complexity index is 526. The summed E-state index contributed by atoms with van der Waals surface area (Å²) in [5.41, 5.74) is 0.210. The predicted molar refractivity (Wildman–Crippen MR) is 73.7 cm³/mol. The Balaban J connectivity index is 2.17. The van der Waals surface area contributed by atoms with Crippen molar-refractivity contribution in [3.8, 4) is 0 Å². The van der Waals surface area contributed by atoms with Gasteiger partial charge in [-0.1, -0.05) is 0 Å². The van der Waals surface area contributed by atoms with E-state index in [4.69, 9.17) is 4.74 Å². The van der Waals surface area contributed by atoms with Crippen LogP contribution in [0, 0.1) is 5.92 Å². The Morgan fingerprint density at radius 1 is 1.55 bits per heavy atom. The number of rotatable bonds is 3. The number of carbonyl (C=O) groups is 1. The molecular weight excluding hydrogens is 260 g/mol. The van der Waals surface area contributed by atoms with E-state index in [-0.39, 0.29) is 24.0 Å². The van der Waals surface area contributed by atoms with Crippen LogP contribution < -0.4 is 5.56 Å². The van der Waals surface area contributed by atoms with Crippen molar-refractivity contribution in [2.75, 3.05) is 32.9 Å². The SMILES string of the molecule is CCn1ccc(C(=O)N2CCOCC(CO)C2)cc1=O. The number of amides is 1. The Morgan fingerprint density at radius 3 is 3.00 bits per heavy atom. The van der Waals surface area contributed by atoms with Crippen molar-refractivity contribution in [2.24, 2.45) is 5.92 Å². The molecule has 1 aliphatic heterocycles. The number of hydrogen-bond acceptors (Lipinski definition) is 4. The number of ether oxygens (including phenoxy) is 1. The fourth-order valence-electron chi connectivity index (χ4n) is 2.26.